The van der Waals surface area contributed by atoms with Gasteiger partial charge >= 0.3 is 6.03 Å². The number of nitrogens with one attached hydrogen (secondary N) is 1. The van der Waals surface area contributed by atoms with Crippen molar-refractivity contribution in [1.82, 2.24) is 9.88 Å². The number of benzene rings is 1. The fourth-order valence-electron chi connectivity index (χ4n) is 2.21. The third-order valence-electron chi connectivity index (χ3n) is 3.97. The first kappa shape index (κ1) is 17.9. The number of carbonyl (C=O) groups is 1. The molecule has 1 atom stereocenters. The van der Waals surface area contributed by atoms with Crippen molar-refractivity contribution in [3.05, 3.63) is 53.9 Å². The molecule has 1 aromatic heterocycles. The standard InChI is InChI=1S/C17H21N3O3S/c1-12-5-6-15(24(4,22)23)11-16(12)19-17(21)20(3)13(2)14-7-9-18-10-8-14/h5-11,13H,1-4H3,(H,19,21). The highest BCUT2D eigenvalue weighted by molar-refractivity contribution is 7.90. The topological polar surface area (TPSA) is 79.4 Å². The molecule has 0 saturated heterocycles. The number of rotatable bonds is 4. The SMILES string of the molecule is Cc1ccc(S(C)(=O)=O)cc1NC(=O)N(C)C(C)c1ccncc1. The number of pyridine rings is 1. The van der Waals surface area contributed by atoms with Gasteiger partial charge in [0.1, 0.15) is 0 Å². The highest BCUT2D eigenvalue weighted by atomic mass is 32.2. The van der Waals surface area contributed by atoms with Gasteiger partial charge in [-0.1, -0.05) is 6.07 Å². The zero-order valence-electron chi connectivity index (χ0n) is 14.1. The predicted octanol–water partition coefficient (Wildman–Crippen LogP) is 3.02. The van der Waals surface area contributed by atoms with Crippen molar-refractivity contribution < 1.29 is 13.2 Å². The number of hydrogen-bond donors (Lipinski definition) is 1. The van der Waals surface area contributed by atoms with Crippen LogP contribution in [0.4, 0.5) is 10.5 Å². The van der Waals surface area contributed by atoms with E-state index < -0.39 is 9.84 Å². The maximum Gasteiger partial charge on any atom is 0.322 e. The largest absolute Gasteiger partial charge is 0.322 e. The fourth-order valence-corrected chi connectivity index (χ4v) is 2.86. The van der Waals surface area contributed by atoms with E-state index in [-0.39, 0.29) is 17.0 Å². The maximum absolute atomic E-state index is 12.5. The first-order valence-electron chi connectivity index (χ1n) is 7.44. The number of hydrogen-bond acceptors (Lipinski definition) is 4. The quantitative estimate of drug-likeness (QED) is 0.922. The lowest BCUT2D eigenvalue weighted by Gasteiger charge is -2.26. The van der Waals surface area contributed by atoms with Gasteiger partial charge in [-0.15, -0.1) is 0 Å². The summed E-state index contributed by atoms with van der Waals surface area (Å²) in [7, 11) is -1.64. The molecule has 2 rings (SSSR count). The molecule has 128 valence electrons. The first-order chi connectivity index (χ1) is 11.2. The van der Waals surface area contributed by atoms with E-state index in [1.807, 2.05) is 26.0 Å². The molecule has 0 aliphatic carbocycles. The minimum absolute atomic E-state index is 0.147. The first-order valence-corrected chi connectivity index (χ1v) is 9.33. The summed E-state index contributed by atoms with van der Waals surface area (Å²) in [5, 5.41) is 2.78. The number of sulfone groups is 1. The van der Waals surface area contributed by atoms with Crippen LogP contribution in [0.3, 0.4) is 0 Å². The molecule has 0 saturated carbocycles. The average molecular weight is 347 g/mol. The minimum atomic E-state index is -3.33. The van der Waals surface area contributed by atoms with Crippen molar-refractivity contribution >= 4 is 21.6 Å². The Hall–Kier alpha value is -2.41. The lowest BCUT2D eigenvalue weighted by molar-refractivity contribution is 0.208. The molecule has 1 unspecified atom stereocenters. The molecular formula is C17H21N3O3S. The third-order valence-corrected chi connectivity index (χ3v) is 5.08. The lowest BCUT2D eigenvalue weighted by atomic mass is 10.1. The van der Waals surface area contributed by atoms with E-state index in [0.717, 1.165) is 17.4 Å². The van der Waals surface area contributed by atoms with Crippen molar-refractivity contribution in [3.63, 3.8) is 0 Å². The van der Waals surface area contributed by atoms with Gasteiger partial charge in [0.05, 0.1) is 10.9 Å². The zero-order chi connectivity index (χ0) is 17.9. The number of anilines is 1. The number of carbonyl (C=O) groups excluding carboxylic acids is 1. The van der Waals surface area contributed by atoms with E-state index in [0.29, 0.717) is 5.69 Å². The molecule has 0 fully saturated rings. The molecule has 0 aliphatic rings. The van der Waals surface area contributed by atoms with E-state index in [4.69, 9.17) is 0 Å². The van der Waals surface area contributed by atoms with Crippen LogP contribution in [-0.4, -0.2) is 37.6 Å². The van der Waals surface area contributed by atoms with Crippen LogP contribution >= 0.6 is 0 Å². The summed E-state index contributed by atoms with van der Waals surface area (Å²) in [6.07, 6.45) is 4.50. The summed E-state index contributed by atoms with van der Waals surface area (Å²) in [4.78, 5) is 18.2. The van der Waals surface area contributed by atoms with E-state index in [1.165, 1.54) is 12.1 Å². The average Bonchev–Trinajstić information content (AvgIpc) is 2.55. The van der Waals surface area contributed by atoms with Gasteiger partial charge in [0, 0.05) is 31.4 Å². The monoisotopic (exact) mass is 347 g/mol. The summed E-state index contributed by atoms with van der Waals surface area (Å²) in [5.41, 5.74) is 2.24. The Balaban J connectivity index is 2.20. The fraction of sp³-hybridized carbons (Fsp3) is 0.294. The van der Waals surface area contributed by atoms with Crippen molar-refractivity contribution in [2.45, 2.75) is 24.8 Å². The predicted molar refractivity (Wildman–Crippen MR) is 93.7 cm³/mol. The molecule has 7 heteroatoms. The number of nitrogens with zero attached hydrogens (tertiary/aromatic N) is 2. The van der Waals surface area contributed by atoms with E-state index in [1.54, 1.807) is 30.4 Å². The molecule has 24 heavy (non-hydrogen) atoms. The molecule has 1 N–H and O–H groups in total. The number of urea groups is 1. The Kier molecular flexibility index (Phi) is 5.23. The van der Waals surface area contributed by atoms with Crippen LogP contribution in [0.1, 0.15) is 24.1 Å². The smallest absolute Gasteiger partial charge is 0.321 e. The lowest BCUT2D eigenvalue weighted by Crippen LogP contribution is -2.33. The number of amides is 2. The molecule has 1 aromatic carbocycles. The van der Waals surface area contributed by atoms with Gasteiger partial charge in [0.25, 0.3) is 0 Å². The van der Waals surface area contributed by atoms with E-state index in [2.05, 4.69) is 10.3 Å². The summed E-state index contributed by atoms with van der Waals surface area (Å²) in [5.74, 6) is 0. The summed E-state index contributed by atoms with van der Waals surface area (Å²) >= 11 is 0. The molecular weight excluding hydrogens is 326 g/mol. The van der Waals surface area contributed by atoms with Crippen LogP contribution in [0.15, 0.2) is 47.6 Å². The van der Waals surface area contributed by atoms with Gasteiger partial charge in [0.2, 0.25) is 0 Å². The van der Waals surface area contributed by atoms with Crippen LogP contribution in [-0.2, 0) is 9.84 Å². The van der Waals surface area contributed by atoms with Crippen molar-refractivity contribution in [2.75, 3.05) is 18.6 Å². The normalized spacial score (nSPS) is 12.5. The Morgan fingerprint density at radius 1 is 1.21 bits per heavy atom. The van der Waals surface area contributed by atoms with Gasteiger partial charge in [-0.2, -0.15) is 0 Å². The van der Waals surface area contributed by atoms with Crippen LogP contribution in [0.2, 0.25) is 0 Å². The molecule has 0 bridgehead atoms. The molecule has 2 amide bonds. The highest BCUT2D eigenvalue weighted by Crippen LogP contribution is 2.23. The summed E-state index contributed by atoms with van der Waals surface area (Å²) in [6.45, 7) is 3.72. The molecule has 0 spiro atoms. The van der Waals surface area contributed by atoms with Crippen LogP contribution < -0.4 is 5.32 Å². The maximum atomic E-state index is 12.5. The second-order valence-electron chi connectivity index (χ2n) is 5.75. The Labute approximate surface area is 142 Å². The number of aryl methyl sites for hydroxylation is 1. The molecule has 2 aromatic rings. The van der Waals surface area contributed by atoms with Crippen molar-refractivity contribution in [2.24, 2.45) is 0 Å². The summed E-state index contributed by atoms with van der Waals surface area (Å²) < 4.78 is 23.4. The van der Waals surface area contributed by atoms with Gasteiger partial charge in [-0.05, 0) is 49.2 Å². The van der Waals surface area contributed by atoms with Gasteiger partial charge < -0.3 is 10.2 Å². The molecule has 1 heterocycles. The second-order valence-corrected chi connectivity index (χ2v) is 7.76. The Bertz CT molecular complexity index is 835. The zero-order valence-corrected chi connectivity index (χ0v) is 15.0. The Morgan fingerprint density at radius 2 is 1.83 bits per heavy atom. The van der Waals surface area contributed by atoms with Gasteiger partial charge in [-0.25, -0.2) is 13.2 Å². The molecule has 0 radical (unpaired) electrons. The molecule has 0 aliphatic heterocycles. The highest BCUT2D eigenvalue weighted by Gasteiger charge is 2.18. The van der Waals surface area contributed by atoms with Crippen LogP contribution in [0, 0.1) is 6.92 Å². The molecule has 6 nitrogen and oxygen atoms in total. The van der Waals surface area contributed by atoms with Gasteiger partial charge in [-0.3, -0.25) is 4.98 Å². The second kappa shape index (κ2) is 7.00. The van der Waals surface area contributed by atoms with Crippen LogP contribution in [0.5, 0.6) is 0 Å². The number of aromatic nitrogens is 1. The minimum Gasteiger partial charge on any atom is -0.321 e. The Morgan fingerprint density at radius 3 is 2.42 bits per heavy atom. The third kappa shape index (κ3) is 4.11. The van der Waals surface area contributed by atoms with Crippen LogP contribution in [0.25, 0.3) is 0 Å². The van der Waals surface area contributed by atoms with Gasteiger partial charge in [0.15, 0.2) is 9.84 Å². The van der Waals surface area contributed by atoms with E-state index >= 15 is 0 Å². The van der Waals surface area contributed by atoms with E-state index in [9.17, 15) is 13.2 Å². The summed E-state index contributed by atoms with van der Waals surface area (Å²) in [6, 6.07) is 7.93. The van der Waals surface area contributed by atoms with Crippen molar-refractivity contribution in [3.8, 4) is 0 Å². The van der Waals surface area contributed by atoms with Crippen molar-refractivity contribution in [1.29, 1.82) is 0 Å².